The van der Waals surface area contributed by atoms with Crippen molar-refractivity contribution < 1.29 is 4.79 Å². The average Bonchev–Trinajstić information content (AvgIpc) is 3.14. The molecule has 0 spiro atoms. The first-order valence-corrected chi connectivity index (χ1v) is 7.34. The molecule has 0 bridgehead atoms. The van der Waals surface area contributed by atoms with Gasteiger partial charge in [-0.05, 0) is 28.1 Å². The highest BCUT2D eigenvalue weighted by Gasteiger charge is 2.26. The van der Waals surface area contributed by atoms with Gasteiger partial charge < -0.3 is 4.90 Å². The first-order chi connectivity index (χ1) is 11.3. The minimum atomic E-state index is -0.488. The van der Waals surface area contributed by atoms with Crippen LogP contribution in [-0.2, 0) is 11.2 Å². The van der Waals surface area contributed by atoms with Crippen molar-refractivity contribution >= 4 is 11.6 Å². The SMILES string of the molecule is CN(C(=O)[C@@H](Cc1ccccc1)n1cnnn1)c1ccccc1. The van der Waals surface area contributed by atoms with Crippen LogP contribution in [0.1, 0.15) is 11.6 Å². The topological polar surface area (TPSA) is 63.9 Å². The fourth-order valence-corrected chi connectivity index (χ4v) is 2.44. The molecular weight excluding hydrogens is 290 g/mol. The van der Waals surface area contributed by atoms with Gasteiger partial charge in [-0.3, -0.25) is 4.79 Å². The molecule has 1 heterocycles. The van der Waals surface area contributed by atoms with Crippen molar-refractivity contribution in [3.63, 3.8) is 0 Å². The lowest BCUT2D eigenvalue weighted by Crippen LogP contribution is -2.36. The Morgan fingerprint density at radius 2 is 1.74 bits per heavy atom. The Hall–Kier alpha value is -3.02. The van der Waals surface area contributed by atoms with Crippen LogP contribution in [0.3, 0.4) is 0 Å². The van der Waals surface area contributed by atoms with Crippen LogP contribution in [0.4, 0.5) is 5.69 Å². The predicted molar refractivity (Wildman–Crippen MR) is 86.9 cm³/mol. The van der Waals surface area contributed by atoms with E-state index in [1.165, 1.54) is 11.0 Å². The van der Waals surface area contributed by atoms with Gasteiger partial charge in [0.1, 0.15) is 12.4 Å². The van der Waals surface area contributed by atoms with Crippen molar-refractivity contribution in [2.45, 2.75) is 12.5 Å². The van der Waals surface area contributed by atoms with E-state index in [1.807, 2.05) is 60.7 Å². The first-order valence-electron chi connectivity index (χ1n) is 7.34. The molecule has 0 radical (unpaired) electrons. The monoisotopic (exact) mass is 307 g/mol. The van der Waals surface area contributed by atoms with Crippen LogP contribution < -0.4 is 4.90 Å². The number of anilines is 1. The highest BCUT2D eigenvalue weighted by Crippen LogP contribution is 2.20. The molecule has 1 atom stereocenters. The number of hydrogen-bond acceptors (Lipinski definition) is 4. The molecule has 2 aromatic carbocycles. The molecule has 1 aromatic heterocycles. The van der Waals surface area contributed by atoms with Gasteiger partial charge >= 0.3 is 0 Å². The number of hydrogen-bond donors (Lipinski definition) is 0. The largest absolute Gasteiger partial charge is 0.314 e. The summed E-state index contributed by atoms with van der Waals surface area (Å²) in [6, 6.07) is 18.9. The van der Waals surface area contributed by atoms with E-state index in [0.717, 1.165) is 11.3 Å². The summed E-state index contributed by atoms with van der Waals surface area (Å²) < 4.78 is 1.51. The molecule has 0 aliphatic rings. The van der Waals surface area contributed by atoms with Gasteiger partial charge in [-0.2, -0.15) is 0 Å². The molecule has 3 rings (SSSR count). The molecule has 0 unspecified atom stereocenters. The van der Waals surface area contributed by atoms with Crippen LogP contribution in [0.2, 0.25) is 0 Å². The summed E-state index contributed by atoms with van der Waals surface area (Å²) in [5, 5.41) is 11.2. The van der Waals surface area contributed by atoms with E-state index in [0.29, 0.717) is 6.42 Å². The standard InChI is InChI=1S/C17H17N5O/c1-21(15-10-6-3-7-11-15)17(23)16(22-13-18-19-20-22)12-14-8-4-2-5-9-14/h2-11,13,16H,12H2,1H3/t16-/m1/s1. The number of likely N-dealkylation sites (N-methyl/N-ethyl adjacent to an activating group) is 1. The molecule has 0 N–H and O–H groups in total. The van der Waals surface area contributed by atoms with Crippen LogP contribution in [0.15, 0.2) is 67.0 Å². The minimum absolute atomic E-state index is 0.0626. The van der Waals surface area contributed by atoms with Crippen molar-refractivity contribution in [2.24, 2.45) is 0 Å². The third kappa shape index (κ3) is 3.42. The van der Waals surface area contributed by atoms with Crippen LogP contribution in [0.25, 0.3) is 0 Å². The zero-order chi connectivity index (χ0) is 16.1. The van der Waals surface area contributed by atoms with Crippen molar-refractivity contribution in [1.29, 1.82) is 0 Å². The minimum Gasteiger partial charge on any atom is -0.314 e. The highest BCUT2D eigenvalue weighted by atomic mass is 16.2. The Morgan fingerprint density at radius 1 is 1.09 bits per heavy atom. The van der Waals surface area contributed by atoms with Crippen molar-refractivity contribution in [3.8, 4) is 0 Å². The second-order valence-electron chi connectivity index (χ2n) is 5.23. The van der Waals surface area contributed by atoms with Gasteiger partial charge in [0.2, 0.25) is 0 Å². The smallest absolute Gasteiger partial charge is 0.252 e. The van der Waals surface area contributed by atoms with Crippen LogP contribution in [0.5, 0.6) is 0 Å². The van der Waals surface area contributed by atoms with Gasteiger partial charge in [0.15, 0.2) is 0 Å². The van der Waals surface area contributed by atoms with Crippen molar-refractivity contribution in [3.05, 3.63) is 72.6 Å². The lowest BCUT2D eigenvalue weighted by Gasteiger charge is -2.23. The molecule has 6 heteroatoms. The summed E-state index contributed by atoms with van der Waals surface area (Å²) >= 11 is 0. The molecule has 1 amide bonds. The zero-order valence-corrected chi connectivity index (χ0v) is 12.8. The second-order valence-corrected chi connectivity index (χ2v) is 5.23. The van der Waals surface area contributed by atoms with E-state index in [-0.39, 0.29) is 5.91 Å². The number of rotatable bonds is 5. The number of tetrazole rings is 1. The summed E-state index contributed by atoms with van der Waals surface area (Å²) in [5.74, 6) is -0.0626. The van der Waals surface area contributed by atoms with Crippen molar-refractivity contribution in [2.75, 3.05) is 11.9 Å². The molecule has 0 saturated heterocycles. The molecule has 0 saturated carbocycles. The Balaban J connectivity index is 1.87. The normalized spacial score (nSPS) is 11.9. The Labute approximate surface area is 134 Å². The van der Waals surface area contributed by atoms with Gasteiger partial charge in [-0.1, -0.05) is 48.5 Å². The highest BCUT2D eigenvalue weighted by molar-refractivity contribution is 5.95. The lowest BCUT2D eigenvalue weighted by atomic mass is 10.0. The number of carbonyl (C=O) groups is 1. The molecule has 3 aromatic rings. The Morgan fingerprint density at radius 3 is 2.35 bits per heavy atom. The number of aromatic nitrogens is 4. The third-order valence-electron chi connectivity index (χ3n) is 3.72. The van der Waals surface area contributed by atoms with Gasteiger partial charge in [0.25, 0.3) is 5.91 Å². The van der Waals surface area contributed by atoms with E-state index < -0.39 is 6.04 Å². The van der Waals surface area contributed by atoms with E-state index in [4.69, 9.17) is 0 Å². The maximum atomic E-state index is 13.0. The first kappa shape index (κ1) is 14.9. The fourth-order valence-electron chi connectivity index (χ4n) is 2.44. The molecule has 0 aliphatic heterocycles. The summed E-state index contributed by atoms with van der Waals surface area (Å²) in [5.41, 5.74) is 1.89. The maximum absolute atomic E-state index is 13.0. The third-order valence-corrected chi connectivity index (χ3v) is 3.72. The van der Waals surface area contributed by atoms with Crippen molar-refractivity contribution in [1.82, 2.24) is 20.2 Å². The number of benzene rings is 2. The number of carbonyl (C=O) groups excluding carboxylic acids is 1. The summed E-state index contributed by atoms with van der Waals surface area (Å²) in [6.07, 6.45) is 2.01. The molecule has 116 valence electrons. The van der Waals surface area contributed by atoms with Crippen LogP contribution >= 0.6 is 0 Å². The van der Waals surface area contributed by atoms with Gasteiger partial charge in [0.05, 0.1) is 0 Å². The number of amides is 1. The molecule has 0 aliphatic carbocycles. The van der Waals surface area contributed by atoms with Gasteiger partial charge in [0, 0.05) is 19.2 Å². The predicted octanol–water partition coefficient (Wildman–Crippen LogP) is 2.12. The number of para-hydroxylation sites is 1. The Bertz CT molecular complexity index is 743. The molecule has 23 heavy (non-hydrogen) atoms. The molecule has 6 nitrogen and oxygen atoms in total. The average molecular weight is 307 g/mol. The fraction of sp³-hybridized carbons (Fsp3) is 0.176. The molecule has 0 fully saturated rings. The second kappa shape index (κ2) is 6.83. The summed E-state index contributed by atoms with van der Waals surface area (Å²) in [4.78, 5) is 14.6. The van der Waals surface area contributed by atoms with E-state index in [9.17, 15) is 4.79 Å². The van der Waals surface area contributed by atoms with E-state index in [1.54, 1.807) is 11.9 Å². The van der Waals surface area contributed by atoms with Gasteiger partial charge in [-0.15, -0.1) is 5.10 Å². The number of nitrogens with zero attached hydrogens (tertiary/aromatic N) is 5. The van der Waals surface area contributed by atoms with E-state index in [2.05, 4.69) is 15.5 Å². The Kier molecular flexibility index (Phi) is 4.42. The van der Waals surface area contributed by atoms with Crippen LogP contribution in [0, 0.1) is 0 Å². The van der Waals surface area contributed by atoms with Gasteiger partial charge in [-0.25, -0.2) is 4.68 Å². The molecular formula is C17H17N5O. The van der Waals surface area contributed by atoms with E-state index >= 15 is 0 Å². The maximum Gasteiger partial charge on any atom is 0.252 e. The lowest BCUT2D eigenvalue weighted by molar-refractivity contribution is -0.121. The van der Waals surface area contributed by atoms with Crippen LogP contribution in [-0.4, -0.2) is 33.2 Å². The summed E-state index contributed by atoms with van der Waals surface area (Å²) in [7, 11) is 1.76. The summed E-state index contributed by atoms with van der Waals surface area (Å²) in [6.45, 7) is 0. The zero-order valence-electron chi connectivity index (χ0n) is 12.8. The quantitative estimate of drug-likeness (QED) is 0.724.